The van der Waals surface area contributed by atoms with Gasteiger partial charge >= 0.3 is 0 Å². The van der Waals surface area contributed by atoms with Crippen LogP contribution in [0.2, 0.25) is 0 Å². The molecule has 32 heavy (non-hydrogen) atoms. The Bertz CT molecular complexity index is 890. The maximum atomic E-state index is 13.0. The van der Waals surface area contributed by atoms with Crippen LogP contribution in [-0.4, -0.2) is 71.8 Å². The molecule has 0 radical (unpaired) electrons. The van der Waals surface area contributed by atoms with Crippen LogP contribution in [0.25, 0.3) is 0 Å². The number of benzene rings is 1. The van der Waals surface area contributed by atoms with Gasteiger partial charge in [0.05, 0.1) is 0 Å². The molecule has 0 saturated carbocycles. The second kappa shape index (κ2) is 9.29. The highest BCUT2D eigenvalue weighted by molar-refractivity contribution is 6.05. The average Bonchev–Trinajstić information content (AvgIpc) is 3.15. The highest BCUT2D eigenvalue weighted by Crippen LogP contribution is 2.30. The van der Waals surface area contributed by atoms with Gasteiger partial charge in [-0.3, -0.25) is 19.7 Å². The van der Waals surface area contributed by atoms with Crippen LogP contribution in [0.4, 0.5) is 0 Å². The lowest BCUT2D eigenvalue weighted by atomic mass is 9.98. The lowest BCUT2D eigenvalue weighted by molar-refractivity contribution is -0.136. The zero-order valence-corrected chi connectivity index (χ0v) is 18.6. The summed E-state index contributed by atoms with van der Waals surface area (Å²) < 4.78 is 0. The van der Waals surface area contributed by atoms with E-state index in [0.29, 0.717) is 24.6 Å². The second-order valence-electron chi connectivity index (χ2n) is 9.52. The van der Waals surface area contributed by atoms with Gasteiger partial charge in [-0.2, -0.15) is 0 Å². The van der Waals surface area contributed by atoms with Gasteiger partial charge in [0, 0.05) is 37.2 Å². The summed E-state index contributed by atoms with van der Waals surface area (Å²) in [5.74, 6) is -0.722. The van der Waals surface area contributed by atoms with Crippen LogP contribution in [-0.2, 0) is 22.7 Å². The van der Waals surface area contributed by atoms with E-state index < -0.39 is 6.04 Å². The summed E-state index contributed by atoms with van der Waals surface area (Å²) in [5, 5.41) is 9.54. The van der Waals surface area contributed by atoms with Crippen molar-refractivity contribution >= 4 is 17.7 Å². The number of imide groups is 1. The normalized spacial score (nSPS) is 25.8. The van der Waals surface area contributed by atoms with Gasteiger partial charge in [0.1, 0.15) is 6.04 Å². The smallest absolute Gasteiger partial charge is 0.255 e. The first-order chi connectivity index (χ1) is 15.6. The monoisotopic (exact) mass is 439 g/mol. The Kier molecular flexibility index (Phi) is 6.26. The fourth-order valence-corrected chi connectivity index (χ4v) is 5.71. The molecule has 4 heterocycles. The number of nitrogens with one attached hydrogen (secondary N) is 3. The Balaban J connectivity index is 1.18. The zero-order chi connectivity index (χ0) is 22.1. The van der Waals surface area contributed by atoms with Gasteiger partial charge in [-0.15, -0.1) is 0 Å². The number of hydrogen-bond donors (Lipinski definition) is 3. The highest BCUT2D eigenvalue weighted by atomic mass is 16.2. The van der Waals surface area contributed by atoms with Crippen molar-refractivity contribution in [2.75, 3.05) is 26.2 Å². The van der Waals surface area contributed by atoms with Crippen molar-refractivity contribution in [1.82, 2.24) is 25.8 Å². The predicted octanol–water partition coefficient (Wildman–Crippen LogP) is 0.754. The van der Waals surface area contributed by atoms with Gasteiger partial charge in [-0.1, -0.05) is 12.1 Å². The van der Waals surface area contributed by atoms with E-state index in [1.807, 2.05) is 12.1 Å². The van der Waals surface area contributed by atoms with Gasteiger partial charge in [-0.05, 0) is 75.5 Å². The summed E-state index contributed by atoms with van der Waals surface area (Å²) in [6, 6.07) is 6.53. The summed E-state index contributed by atoms with van der Waals surface area (Å²) in [6.07, 6.45) is 5.49. The van der Waals surface area contributed by atoms with Crippen molar-refractivity contribution in [3.05, 3.63) is 34.9 Å². The summed E-state index contributed by atoms with van der Waals surface area (Å²) in [6.45, 7) is 5.74. The van der Waals surface area contributed by atoms with E-state index in [2.05, 4.69) is 26.9 Å². The Labute approximate surface area is 189 Å². The molecule has 4 aliphatic rings. The topological polar surface area (TPSA) is 93.8 Å². The molecule has 172 valence electrons. The number of amides is 3. The third-order valence-electron chi connectivity index (χ3n) is 7.61. The number of likely N-dealkylation sites (tertiary alicyclic amines) is 1. The predicted molar refractivity (Wildman–Crippen MR) is 120 cm³/mol. The van der Waals surface area contributed by atoms with Gasteiger partial charge < -0.3 is 20.4 Å². The molecule has 3 amide bonds. The van der Waals surface area contributed by atoms with Crippen LogP contribution in [0.5, 0.6) is 0 Å². The standard InChI is InChI=1S/C24H33N5O3/c30-22-5-4-21(23(31)27-22)29-15-20-16(2-1-3-19(20)24(29)32)14-26-17-8-12-28(13-9-17)18-6-10-25-11-7-18/h1-3,17-18,21,25-26H,4-15H2,(H,27,30,31). The molecule has 8 nitrogen and oxygen atoms in total. The maximum Gasteiger partial charge on any atom is 0.255 e. The van der Waals surface area contributed by atoms with E-state index in [4.69, 9.17) is 0 Å². The van der Waals surface area contributed by atoms with E-state index in [1.165, 1.54) is 12.8 Å². The number of piperidine rings is 3. The quantitative estimate of drug-likeness (QED) is 0.587. The van der Waals surface area contributed by atoms with E-state index in [-0.39, 0.29) is 24.1 Å². The lowest BCUT2D eigenvalue weighted by Gasteiger charge is -2.39. The van der Waals surface area contributed by atoms with E-state index >= 15 is 0 Å². The average molecular weight is 440 g/mol. The Hall–Kier alpha value is -2.29. The zero-order valence-electron chi connectivity index (χ0n) is 18.6. The number of fused-ring (bicyclic) bond motifs is 1. The minimum atomic E-state index is -0.562. The molecule has 4 aliphatic heterocycles. The van der Waals surface area contributed by atoms with Crippen molar-refractivity contribution in [3.8, 4) is 0 Å². The van der Waals surface area contributed by atoms with Gasteiger partial charge in [0.15, 0.2) is 0 Å². The second-order valence-corrected chi connectivity index (χ2v) is 9.52. The van der Waals surface area contributed by atoms with Crippen LogP contribution >= 0.6 is 0 Å². The van der Waals surface area contributed by atoms with Crippen LogP contribution < -0.4 is 16.0 Å². The van der Waals surface area contributed by atoms with E-state index in [0.717, 1.165) is 62.7 Å². The highest BCUT2D eigenvalue weighted by Gasteiger charge is 2.39. The number of rotatable bonds is 5. The molecule has 1 atom stereocenters. The molecule has 0 aromatic heterocycles. The Morgan fingerprint density at radius 2 is 1.78 bits per heavy atom. The molecular weight excluding hydrogens is 406 g/mol. The minimum Gasteiger partial charge on any atom is -0.322 e. The van der Waals surface area contributed by atoms with Crippen molar-refractivity contribution in [2.45, 2.75) is 69.7 Å². The van der Waals surface area contributed by atoms with Crippen LogP contribution in [0.15, 0.2) is 18.2 Å². The van der Waals surface area contributed by atoms with Crippen molar-refractivity contribution in [2.24, 2.45) is 0 Å². The first kappa shape index (κ1) is 21.6. The molecule has 0 spiro atoms. The maximum absolute atomic E-state index is 13.0. The number of nitrogens with zero attached hydrogens (tertiary/aromatic N) is 2. The number of carbonyl (C=O) groups is 3. The molecule has 1 aromatic rings. The molecule has 8 heteroatoms. The van der Waals surface area contributed by atoms with Gasteiger partial charge in [0.2, 0.25) is 11.8 Å². The molecule has 3 N–H and O–H groups in total. The summed E-state index contributed by atoms with van der Waals surface area (Å²) in [5.41, 5.74) is 2.84. The summed E-state index contributed by atoms with van der Waals surface area (Å²) in [4.78, 5) is 41.1. The fraction of sp³-hybridized carbons (Fsp3) is 0.625. The van der Waals surface area contributed by atoms with Crippen molar-refractivity contribution in [3.63, 3.8) is 0 Å². The van der Waals surface area contributed by atoms with Crippen molar-refractivity contribution < 1.29 is 14.4 Å². The number of carbonyl (C=O) groups excluding carboxylic acids is 3. The third-order valence-corrected chi connectivity index (χ3v) is 7.61. The van der Waals surface area contributed by atoms with Gasteiger partial charge in [-0.25, -0.2) is 0 Å². The first-order valence-electron chi connectivity index (χ1n) is 12.0. The lowest BCUT2D eigenvalue weighted by Crippen LogP contribution is -2.52. The third kappa shape index (κ3) is 4.31. The Morgan fingerprint density at radius 3 is 2.53 bits per heavy atom. The molecular formula is C24H33N5O3. The van der Waals surface area contributed by atoms with Crippen molar-refractivity contribution in [1.29, 1.82) is 0 Å². The minimum absolute atomic E-state index is 0.105. The van der Waals surface area contributed by atoms with Crippen LogP contribution in [0, 0.1) is 0 Å². The Morgan fingerprint density at radius 1 is 1.00 bits per heavy atom. The molecule has 5 rings (SSSR count). The van der Waals surface area contributed by atoms with Gasteiger partial charge in [0.25, 0.3) is 5.91 Å². The number of hydrogen-bond acceptors (Lipinski definition) is 6. The van der Waals surface area contributed by atoms with Crippen LogP contribution in [0.3, 0.4) is 0 Å². The van der Waals surface area contributed by atoms with E-state index in [1.54, 1.807) is 4.90 Å². The summed E-state index contributed by atoms with van der Waals surface area (Å²) >= 11 is 0. The van der Waals surface area contributed by atoms with Crippen LogP contribution in [0.1, 0.15) is 60.0 Å². The molecule has 3 saturated heterocycles. The molecule has 1 unspecified atom stereocenters. The molecule has 0 aliphatic carbocycles. The largest absolute Gasteiger partial charge is 0.322 e. The summed E-state index contributed by atoms with van der Waals surface area (Å²) in [7, 11) is 0. The van der Waals surface area contributed by atoms with E-state index in [9.17, 15) is 14.4 Å². The molecule has 3 fully saturated rings. The molecule has 0 bridgehead atoms. The molecule has 1 aromatic carbocycles. The fourth-order valence-electron chi connectivity index (χ4n) is 5.71. The first-order valence-corrected chi connectivity index (χ1v) is 12.0. The SMILES string of the molecule is O=C1CCC(N2Cc3c(CNC4CCN(C5CCNCC5)CC4)cccc3C2=O)C(=O)N1.